The van der Waals surface area contributed by atoms with E-state index in [1.165, 1.54) is 5.56 Å². The van der Waals surface area contributed by atoms with Crippen molar-refractivity contribution in [2.75, 3.05) is 18.4 Å². The van der Waals surface area contributed by atoms with Crippen molar-refractivity contribution in [2.45, 2.75) is 26.3 Å². The number of amides is 1. The van der Waals surface area contributed by atoms with Crippen LogP contribution in [0, 0.1) is 16.4 Å². The van der Waals surface area contributed by atoms with E-state index in [0.29, 0.717) is 24.8 Å². The summed E-state index contributed by atoms with van der Waals surface area (Å²) in [7, 11) is 0. The number of likely N-dealkylation sites (tertiary alicyclic amines) is 1. The predicted octanol–water partition coefficient (Wildman–Crippen LogP) is 4.50. The Morgan fingerprint density at radius 2 is 1.97 bits per heavy atom. The van der Waals surface area contributed by atoms with Crippen LogP contribution >= 0.6 is 22.6 Å². The molecule has 1 N–H and O–H groups in total. The van der Waals surface area contributed by atoms with E-state index in [1.807, 2.05) is 55.5 Å². The van der Waals surface area contributed by atoms with Crippen molar-refractivity contribution < 1.29 is 9.32 Å². The summed E-state index contributed by atoms with van der Waals surface area (Å²) in [5, 5.41) is 7.14. The molecule has 1 unspecified atom stereocenters. The Bertz CT molecular complexity index is 969. The van der Waals surface area contributed by atoms with E-state index in [4.69, 9.17) is 4.52 Å². The molecule has 4 rings (SSSR count). The van der Waals surface area contributed by atoms with Crippen molar-refractivity contribution in [2.24, 2.45) is 5.92 Å². The summed E-state index contributed by atoms with van der Waals surface area (Å²) >= 11 is 2.25. The number of nitrogens with one attached hydrogen (secondary N) is 1. The molecule has 7 heteroatoms. The summed E-state index contributed by atoms with van der Waals surface area (Å²) in [5.41, 5.74) is 2.98. The van der Waals surface area contributed by atoms with Gasteiger partial charge in [-0.05, 0) is 73.2 Å². The van der Waals surface area contributed by atoms with E-state index in [1.54, 1.807) is 0 Å². The van der Waals surface area contributed by atoms with Crippen LogP contribution in [0.3, 0.4) is 0 Å². The van der Waals surface area contributed by atoms with Gasteiger partial charge in [-0.1, -0.05) is 35.0 Å². The van der Waals surface area contributed by atoms with Crippen LogP contribution in [-0.2, 0) is 11.3 Å². The SMILES string of the molecule is Cc1ccc(-c2noc(CN3CCCC(C(=O)Nc4ccc(I)cc4)C3)n2)cc1. The van der Waals surface area contributed by atoms with Gasteiger partial charge in [-0.15, -0.1) is 0 Å². The normalized spacial score (nSPS) is 17.2. The fourth-order valence-corrected chi connectivity index (χ4v) is 3.88. The first kappa shape index (κ1) is 20.0. The lowest BCUT2D eigenvalue weighted by Crippen LogP contribution is -2.40. The minimum atomic E-state index is -0.0393. The molecule has 1 saturated heterocycles. The first-order valence-corrected chi connectivity index (χ1v) is 10.8. The molecule has 1 aliphatic heterocycles. The minimum absolute atomic E-state index is 0.0393. The van der Waals surface area contributed by atoms with Gasteiger partial charge < -0.3 is 9.84 Å². The molecule has 0 radical (unpaired) electrons. The molecule has 1 aromatic heterocycles. The minimum Gasteiger partial charge on any atom is -0.338 e. The highest BCUT2D eigenvalue weighted by Crippen LogP contribution is 2.22. The first-order chi connectivity index (χ1) is 14.1. The Balaban J connectivity index is 1.35. The third-order valence-corrected chi connectivity index (χ3v) is 5.84. The van der Waals surface area contributed by atoms with Gasteiger partial charge in [0, 0.05) is 21.4 Å². The molecule has 1 amide bonds. The average molecular weight is 502 g/mol. The van der Waals surface area contributed by atoms with Gasteiger partial charge in [0.05, 0.1) is 12.5 Å². The molecular formula is C22H23IN4O2. The van der Waals surface area contributed by atoms with Gasteiger partial charge in [0.2, 0.25) is 17.6 Å². The molecule has 2 heterocycles. The lowest BCUT2D eigenvalue weighted by Gasteiger charge is -2.30. The summed E-state index contributed by atoms with van der Waals surface area (Å²) in [5.74, 6) is 1.22. The predicted molar refractivity (Wildman–Crippen MR) is 120 cm³/mol. The van der Waals surface area contributed by atoms with Crippen molar-refractivity contribution in [3.63, 3.8) is 0 Å². The van der Waals surface area contributed by atoms with Crippen molar-refractivity contribution in [3.8, 4) is 11.4 Å². The molecule has 2 aromatic carbocycles. The van der Waals surface area contributed by atoms with Crippen LogP contribution in [0.25, 0.3) is 11.4 Å². The standard InChI is InChI=1S/C22H23IN4O2/c1-15-4-6-16(7-5-15)21-25-20(29-26-21)14-27-12-2-3-17(13-27)22(28)24-19-10-8-18(23)9-11-19/h4-11,17H,2-3,12-14H2,1H3,(H,24,28). The molecule has 6 nitrogen and oxygen atoms in total. The summed E-state index contributed by atoms with van der Waals surface area (Å²) in [6, 6.07) is 15.9. The van der Waals surface area contributed by atoms with E-state index in [2.05, 4.69) is 42.9 Å². The number of aryl methyl sites for hydroxylation is 1. The van der Waals surface area contributed by atoms with E-state index in [9.17, 15) is 4.79 Å². The zero-order chi connectivity index (χ0) is 20.2. The number of anilines is 1. The summed E-state index contributed by atoms with van der Waals surface area (Å²) in [6.07, 6.45) is 1.87. The maximum absolute atomic E-state index is 12.7. The van der Waals surface area contributed by atoms with Crippen LogP contribution in [0.5, 0.6) is 0 Å². The summed E-state index contributed by atoms with van der Waals surface area (Å²) < 4.78 is 6.60. The second kappa shape index (κ2) is 9.04. The third kappa shape index (κ3) is 5.22. The lowest BCUT2D eigenvalue weighted by molar-refractivity contribution is -0.121. The molecule has 29 heavy (non-hydrogen) atoms. The Labute approximate surface area is 183 Å². The highest BCUT2D eigenvalue weighted by Gasteiger charge is 2.27. The average Bonchev–Trinajstić information content (AvgIpc) is 3.19. The van der Waals surface area contributed by atoms with Crippen LogP contribution in [0.2, 0.25) is 0 Å². The molecule has 0 spiro atoms. The van der Waals surface area contributed by atoms with E-state index < -0.39 is 0 Å². The highest BCUT2D eigenvalue weighted by atomic mass is 127. The largest absolute Gasteiger partial charge is 0.338 e. The monoisotopic (exact) mass is 502 g/mol. The Hall–Kier alpha value is -2.26. The summed E-state index contributed by atoms with van der Waals surface area (Å²) in [4.78, 5) is 19.4. The third-order valence-electron chi connectivity index (χ3n) is 5.12. The van der Waals surface area contributed by atoms with Crippen LogP contribution in [0.4, 0.5) is 5.69 Å². The van der Waals surface area contributed by atoms with E-state index in [0.717, 1.165) is 34.2 Å². The zero-order valence-corrected chi connectivity index (χ0v) is 18.4. The number of hydrogen-bond donors (Lipinski definition) is 1. The molecule has 0 aliphatic carbocycles. The fraction of sp³-hybridized carbons (Fsp3) is 0.318. The highest BCUT2D eigenvalue weighted by molar-refractivity contribution is 14.1. The zero-order valence-electron chi connectivity index (χ0n) is 16.3. The number of carbonyl (C=O) groups excluding carboxylic acids is 1. The van der Waals surface area contributed by atoms with Crippen molar-refractivity contribution in [1.82, 2.24) is 15.0 Å². The van der Waals surface area contributed by atoms with Crippen LogP contribution in [0.1, 0.15) is 24.3 Å². The molecule has 0 bridgehead atoms. The van der Waals surface area contributed by atoms with E-state index in [-0.39, 0.29) is 11.8 Å². The molecule has 1 atom stereocenters. The van der Waals surface area contributed by atoms with Crippen LogP contribution in [-0.4, -0.2) is 34.0 Å². The van der Waals surface area contributed by atoms with Crippen molar-refractivity contribution in [1.29, 1.82) is 0 Å². The number of rotatable bonds is 5. The van der Waals surface area contributed by atoms with Gasteiger partial charge >= 0.3 is 0 Å². The second-order valence-electron chi connectivity index (χ2n) is 7.45. The van der Waals surface area contributed by atoms with Gasteiger partial charge in [0.1, 0.15) is 0 Å². The maximum Gasteiger partial charge on any atom is 0.241 e. The maximum atomic E-state index is 12.7. The fourth-order valence-electron chi connectivity index (χ4n) is 3.52. The molecule has 3 aromatic rings. The smallest absolute Gasteiger partial charge is 0.241 e. The van der Waals surface area contributed by atoms with Crippen LogP contribution < -0.4 is 5.32 Å². The number of nitrogens with zero attached hydrogens (tertiary/aromatic N) is 3. The van der Waals surface area contributed by atoms with Crippen molar-refractivity contribution >= 4 is 34.2 Å². The molecule has 1 aliphatic rings. The quantitative estimate of drug-likeness (QED) is 0.521. The number of aromatic nitrogens is 2. The lowest BCUT2D eigenvalue weighted by atomic mass is 9.97. The Morgan fingerprint density at radius 1 is 1.21 bits per heavy atom. The topological polar surface area (TPSA) is 71.3 Å². The Kier molecular flexibility index (Phi) is 6.25. The van der Waals surface area contributed by atoms with Gasteiger partial charge in [0.15, 0.2) is 0 Å². The molecule has 0 saturated carbocycles. The number of piperidine rings is 1. The van der Waals surface area contributed by atoms with E-state index >= 15 is 0 Å². The van der Waals surface area contributed by atoms with Crippen molar-refractivity contribution in [3.05, 3.63) is 63.6 Å². The second-order valence-corrected chi connectivity index (χ2v) is 8.69. The van der Waals surface area contributed by atoms with Gasteiger partial charge in [-0.25, -0.2) is 0 Å². The molecule has 1 fully saturated rings. The number of benzene rings is 2. The summed E-state index contributed by atoms with van der Waals surface area (Å²) in [6.45, 7) is 4.23. The molecule has 150 valence electrons. The molecular weight excluding hydrogens is 479 g/mol. The number of carbonyl (C=O) groups is 1. The van der Waals surface area contributed by atoms with Gasteiger partial charge in [-0.2, -0.15) is 4.98 Å². The number of hydrogen-bond acceptors (Lipinski definition) is 5. The first-order valence-electron chi connectivity index (χ1n) is 9.75. The van der Waals surface area contributed by atoms with Gasteiger partial charge in [0.25, 0.3) is 0 Å². The number of halogens is 1. The van der Waals surface area contributed by atoms with Gasteiger partial charge in [-0.3, -0.25) is 9.69 Å². The Morgan fingerprint density at radius 3 is 2.72 bits per heavy atom. The van der Waals surface area contributed by atoms with Crippen LogP contribution in [0.15, 0.2) is 53.1 Å².